The van der Waals surface area contributed by atoms with E-state index in [0.29, 0.717) is 0 Å². The van der Waals surface area contributed by atoms with Gasteiger partial charge in [-0.05, 0) is 30.2 Å². The summed E-state index contributed by atoms with van der Waals surface area (Å²) in [4.78, 5) is 11.9. The zero-order valence-electron chi connectivity index (χ0n) is 12.0. The Balaban J connectivity index is 1.88. The zero-order chi connectivity index (χ0) is 15.1. The second kappa shape index (κ2) is 7.57. The molecule has 0 fully saturated rings. The van der Waals surface area contributed by atoms with Crippen LogP contribution in [0.3, 0.4) is 0 Å². The van der Waals surface area contributed by atoms with Crippen molar-refractivity contribution in [2.45, 2.75) is 13.0 Å². The molecule has 2 aromatic carbocycles. The van der Waals surface area contributed by atoms with Crippen molar-refractivity contribution in [3.63, 3.8) is 0 Å². The van der Waals surface area contributed by atoms with Gasteiger partial charge < -0.3 is 10.4 Å². The van der Waals surface area contributed by atoms with Crippen LogP contribution in [0.5, 0.6) is 0 Å². The highest BCUT2D eigenvalue weighted by atomic mass is 16.3. The molecule has 0 aliphatic heterocycles. The van der Waals surface area contributed by atoms with Crippen LogP contribution in [0.1, 0.15) is 17.2 Å². The number of aliphatic hydroxyl groups excluding tert-OH is 1. The van der Waals surface area contributed by atoms with E-state index in [1.165, 1.54) is 0 Å². The van der Waals surface area contributed by atoms with Crippen molar-refractivity contribution in [3.8, 4) is 0 Å². The maximum atomic E-state index is 11.9. The summed E-state index contributed by atoms with van der Waals surface area (Å²) in [6, 6.07) is 17.0. The van der Waals surface area contributed by atoms with Crippen molar-refractivity contribution in [1.29, 1.82) is 0 Å². The maximum absolute atomic E-state index is 11.9. The Morgan fingerprint density at radius 3 is 2.57 bits per heavy atom. The Bertz CT molecular complexity index is 584. The van der Waals surface area contributed by atoms with Crippen LogP contribution in [-0.4, -0.2) is 24.2 Å². The molecule has 110 valence electrons. The van der Waals surface area contributed by atoms with E-state index in [4.69, 9.17) is 0 Å². The Hall–Kier alpha value is -2.17. The molecule has 0 bridgehead atoms. The molecule has 1 atom stereocenters. The number of carbonyl (C=O) groups is 1. The van der Waals surface area contributed by atoms with Gasteiger partial charge in [-0.3, -0.25) is 10.1 Å². The van der Waals surface area contributed by atoms with Crippen molar-refractivity contribution < 1.29 is 9.90 Å². The van der Waals surface area contributed by atoms with Gasteiger partial charge >= 0.3 is 0 Å². The van der Waals surface area contributed by atoms with Crippen molar-refractivity contribution >= 4 is 11.6 Å². The number of hydrogen-bond acceptors (Lipinski definition) is 3. The molecule has 0 spiro atoms. The molecule has 0 saturated carbocycles. The molecule has 0 aromatic heterocycles. The first-order chi connectivity index (χ1) is 10.2. The highest BCUT2D eigenvalue weighted by Gasteiger charge is 2.11. The smallest absolute Gasteiger partial charge is 0.238 e. The summed E-state index contributed by atoms with van der Waals surface area (Å²) in [5.41, 5.74) is 2.84. The zero-order valence-corrected chi connectivity index (χ0v) is 12.0. The third kappa shape index (κ3) is 4.70. The van der Waals surface area contributed by atoms with Gasteiger partial charge in [-0.15, -0.1) is 0 Å². The standard InChI is InChI=1S/C17H20N2O2/c1-13-6-5-9-15(10-13)19-17(21)11-18-16(12-20)14-7-3-2-4-8-14/h2-10,16,18,20H,11-12H2,1H3,(H,19,21). The number of anilines is 1. The third-order valence-electron chi connectivity index (χ3n) is 3.20. The third-order valence-corrected chi connectivity index (χ3v) is 3.20. The van der Waals surface area contributed by atoms with Gasteiger partial charge in [-0.1, -0.05) is 42.5 Å². The Morgan fingerprint density at radius 2 is 1.90 bits per heavy atom. The fourth-order valence-electron chi connectivity index (χ4n) is 2.12. The lowest BCUT2D eigenvalue weighted by atomic mass is 10.1. The van der Waals surface area contributed by atoms with Gasteiger partial charge in [-0.25, -0.2) is 0 Å². The number of rotatable bonds is 6. The van der Waals surface area contributed by atoms with Gasteiger partial charge in [0.05, 0.1) is 19.2 Å². The fraction of sp³-hybridized carbons (Fsp3) is 0.235. The summed E-state index contributed by atoms with van der Waals surface area (Å²) in [5, 5.41) is 15.3. The van der Waals surface area contributed by atoms with Crippen molar-refractivity contribution in [2.75, 3.05) is 18.5 Å². The van der Waals surface area contributed by atoms with E-state index < -0.39 is 0 Å². The van der Waals surface area contributed by atoms with Gasteiger partial charge in [0.25, 0.3) is 0 Å². The minimum Gasteiger partial charge on any atom is -0.394 e. The molecule has 2 rings (SSSR count). The predicted octanol–water partition coefficient (Wildman–Crippen LogP) is 2.26. The van der Waals surface area contributed by atoms with E-state index in [9.17, 15) is 9.90 Å². The van der Waals surface area contributed by atoms with Crippen LogP contribution < -0.4 is 10.6 Å². The second-order valence-electron chi connectivity index (χ2n) is 4.94. The lowest BCUT2D eigenvalue weighted by Gasteiger charge is -2.16. The molecular formula is C17H20N2O2. The van der Waals surface area contributed by atoms with Gasteiger partial charge in [0, 0.05) is 5.69 Å². The molecule has 2 aromatic rings. The maximum Gasteiger partial charge on any atom is 0.238 e. The molecule has 4 nitrogen and oxygen atoms in total. The van der Waals surface area contributed by atoms with Gasteiger partial charge in [0.15, 0.2) is 0 Å². The molecule has 1 amide bonds. The van der Waals surface area contributed by atoms with E-state index in [1.807, 2.05) is 61.5 Å². The summed E-state index contributed by atoms with van der Waals surface area (Å²) in [6.45, 7) is 2.07. The van der Waals surface area contributed by atoms with Crippen LogP contribution in [0, 0.1) is 6.92 Å². The Labute approximate surface area is 124 Å². The van der Waals surface area contributed by atoms with E-state index in [-0.39, 0.29) is 25.1 Å². The van der Waals surface area contributed by atoms with Crippen molar-refractivity contribution in [1.82, 2.24) is 5.32 Å². The van der Waals surface area contributed by atoms with Gasteiger partial charge in [0.1, 0.15) is 0 Å². The normalized spacial score (nSPS) is 11.9. The highest BCUT2D eigenvalue weighted by Crippen LogP contribution is 2.12. The molecular weight excluding hydrogens is 264 g/mol. The predicted molar refractivity (Wildman–Crippen MR) is 84.1 cm³/mol. The van der Waals surface area contributed by atoms with Crippen molar-refractivity contribution in [3.05, 3.63) is 65.7 Å². The number of aryl methyl sites for hydroxylation is 1. The van der Waals surface area contributed by atoms with E-state index >= 15 is 0 Å². The van der Waals surface area contributed by atoms with E-state index in [0.717, 1.165) is 16.8 Å². The molecule has 21 heavy (non-hydrogen) atoms. The largest absolute Gasteiger partial charge is 0.394 e. The number of aliphatic hydroxyl groups is 1. The average Bonchev–Trinajstić information content (AvgIpc) is 2.49. The van der Waals surface area contributed by atoms with E-state index in [1.54, 1.807) is 0 Å². The number of amides is 1. The van der Waals surface area contributed by atoms with Crippen LogP contribution in [0.25, 0.3) is 0 Å². The quantitative estimate of drug-likeness (QED) is 0.762. The second-order valence-corrected chi connectivity index (χ2v) is 4.94. The molecule has 0 saturated heterocycles. The average molecular weight is 284 g/mol. The van der Waals surface area contributed by atoms with Crippen LogP contribution in [-0.2, 0) is 4.79 Å². The number of benzene rings is 2. The summed E-state index contributed by atoms with van der Waals surface area (Å²) in [5.74, 6) is -0.130. The first-order valence-corrected chi connectivity index (χ1v) is 6.95. The molecule has 0 radical (unpaired) electrons. The number of hydrogen-bond donors (Lipinski definition) is 3. The van der Waals surface area contributed by atoms with Gasteiger partial charge in [-0.2, -0.15) is 0 Å². The summed E-state index contributed by atoms with van der Waals surface area (Å²) in [6.07, 6.45) is 0. The molecule has 0 aliphatic carbocycles. The SMILES string of the molecule is Cc1cccc(NC(=O)CNC(CO)c2ccccc2)c1. The fourth-order valence-corrected chi connectivity index (χ4v) is 2.12. The number of carbonyl (C=O) groups excluding carboxylic acids is 1. The molecule has 0 aliphatic rings. The lowest BCUT2D eigenvalue weighted by molar-refractivity contribution is -0.115. The van der Waals surface area contributed by atoms with Crippen LogP contribution in [0.15, 0.2) is 54.6 Å². The molecule has 3 N–H and O–H groups in total. The minimum atomic E-state index is -0.241. The van der Waals surface area contributed by atoms with Crippen LogP contribution in [0.4, 0.5) is 5.69 Å². The molecule has 4 heteroatoms. The summed E-state index contributed by atoms with van der Waals surface area (Å²) >= 11 is 0. The number of nitrogens with one attached hydrogen (secondary N) is 2. The van der Waals surface area contributed by atoms with Crippen LogP contribution in [0.2, 0.25) is 0 Å². The lowest BCUT2D eigenvalue weighted by Crippen LogP contribution is -2.32. The van der Waals surface area contributed by atoms with Gasteiger partial charge in [0.2, 0.25) is 5.91 Å². The highest BCUT2D eigenvalue weighted by molar-refractivity contribution is 5.92. The topological polar surface area (TPSA) is 61.4 Å². The monoisotopic (exact) mass is 284 g/mol. The first-order valence-electron chi connectivity index (χ1n) is 6.95. The minimum absolute atomic E-state index is 0.0538. The molecule has 0 heterocycles. The Morgan fingerprint density at radius 1 is 1.14 bits per heavy atom. The Kier molecular flexibility index (Phi) is 5.49. The van der Waals surface area contributed by atoms with E-state index in [2.05, 4.69) is 10.6 Å². The first kappa shape index (κ1) is 15.2. The molecule has 1 unspecified atom stereocenters. The van der Waals surface area contributed by atoms with Crippen molar-refractivity contribution in [2.24, 2.45) is 0 Å². The summed E-state index contributed by atoms with van der Waals surface area (Å²) in [7, 11) is 0. The van der Waals surface area contributed by atoms with Crippen LogP contribution >= 0.6 is 0 Å². The summed E-state index contributed by atoms with van der Waals surface area (Å²) < 4.78 is 0.